The Morgan fingerprint density at radius 3 is 2.48 bits per heavy atom. The average Bonchev–Trinajstić information content (AvgIpc) is 3.75. The van der Waals surface area contributed by atoms with Crippen molar-refractivity contribution < 1.29 is 57.0 Å². The quantitative estimate of drug-likeness (QED) is 0.0634. The number of ether oxygens (including phenoxy) is 3. The first-order valence-corrected chi connectivity index (χ1v) is 20.9. The molecule has 3 aromatic heterocycles. The van der Waals surface area contributed by atoms with Gasteiger partial charge in [-0.1, -0.05) is 42.4 Å². The predicted molar refractivity (Wildman–Crippen MR) is 186 cm³/mol. The molecule has 0 amide bonds. The highest BCUT2D eigenvalue weighted by molar-refractivity contribution is 8.77. The van der Waals surface area contributed by atoms with E-state index in [0.29, 0.717) is 0 Å². The molecule has 0 aromatic carbocycles. The fourth-order valence-corrected chi connectivity index (χ4v) is 9.66. The zero-order valence-corrected chi connectivity index (χ0v) is 31.3. The normalized spacial score (nSPS) is 27.1. The molecule has 3 unspecified atom stereocenters. The topological polar surface area (TPSA) is 335 Å². The van der Waals surface area contributed by atoms with E-state index in [1.807, 2.05) is 20.8 Å². The second kappa shape index (κ2) is 16.0. The minimum atomic E-state index is -5.06. The van der Waals surface area contributed by atoms with Crippen molar-refractivity contribution in [2.75, 3.05) is 30.4 Å². The number of aliphatic hydroxyl groups is 1. The first-order valence-electron chi connectivity index (χ1n) is 15.4. The summed E-state index contributed by atoms with van der Waals surface area (Å²) in [5.74, 6) is -0.776. The highest BCUT2D eigenvalue weighted by atomic mass is 33.1. The molecule has 52 heavy (non-hydrogen) atoms. The number of rotatable bonds is 14. The molecular formula is C26H39N9O13P2S2. The summed E-state index contributed by atoms with van der Waals surface area (Å²) < 4.78 is 55.0. The number of aliphatic hydroxyl groups excluding tert-OH is 1. The SMILES string of the molecule is CC(C)(C)SSC[C@H](N)C(=O)O[C@@H]1C(COP(=O)(O)[C@H]2C[C@H](n3ccc(N)nc3=O)OC2COP(=O)(O)O)O[C@@H](n2cnc3c(N)ncnc32)[C@@H]1O. The molecule has 2 aliphatic rings. The van der Waals surface area contributed by atoms with Gasteiger partial charge in [0.15, 0.2) is 23.8 Å². The van der Waals surface area contributed by atoms with Gasteiger partial charge >= 0.3 is 27.1 Å². The summed E-state index contributed by atoms with van der Waals surface area (Å²) in [5.41, 5.74) is 15.6. The Kier molecular flexibility index (Phi) is 12.4. The molecule has 10 N–H and O–H groups in total. The molecule has 0 aliphatic carbocycles. The lowest BCUT2D eigenvalue weighted by Gasteiger charge is -2.26. The number of esters is 1. The van der Waals surface area contributed by atoms with E-state index in [1.165, 1.54) is 51.1 Å². The summed E-state index contributed by atoms with van der Waals surface area (Å²) in [5, 5.41) is 11.4. The van der Waals surface area contributed by atoms with E-state index in [2.05, 4.69) is 24.5 Å². The van der Waals surface area contributed by atoms with Crippen LogP contribution >= 0.6 is 37.0 Å². The Morgan fingerprint density at radius 2 is 1.81 bits per heavy atom. The summed E-state index contributed by atoms with van der Waals surface area (Å²) >= 11 is 0. The number of phosphoric ester groups is 1. The smallest absolute Gasteiger partial charge is 0.455 e. The van der Waals surface area contributed by atoms with Crippen molar-refractivity contribution in [2.24, 2.45) is 5.73 Å². The van der Waals surface area contributed by atoms with E-state index in [1.54, 1.807) is 0 Å². The van der Waals surface area contributed by atoms with E-state index < -0.39 is 88.9 Å². The molecule has 2 aliphatic heterocycles. The van der Waals surface area contributed by atoms with Gasteiger partial charge in [0, 0.05) is 23.1 Å². The molecule has 5 heterocycles. The molecule has 0 saturated carbocycles. The van der Waals surface area contributed by atoms with Crippen LogP contribution in [-0.2, 0) is 37.2 Å². The average molecular weight is 812 g/mol. The van der Waals surface area contributed by atoms with Crippen LogP contribution in [0.15, 0.2) is 29.7 Å². The third-order valence-electron chi connectivity index (χ3n) is 7.70. The number of phosphoric acid groups is 1. The molecule has 2 fully saturated rings. The summed E-state index contributed by atoms with van der Waals surface area (Å²) in [7, 11) is -7.08. The molecule has 0 radical (unpaired) electrons. The minimum Gasteiger partial charge on any atom is -0.455 e. The Balaban J connectivity index is 1.37. The van der Waals surface area contributed by atoms with Crippen LogP contribution in [-0.4, -0.2) is 115 Å². The Bertz CT molecular complexity index is 1910. The number of nitrogens with two attached hydrogens (primary N) is 3. The maximum absolute atomic E-state index is 13.8. The molecule has 3 aromatic rings. The summed E-state index contributed by atoms with van der Waals surface area (Å²) in [6, 6.07) is 0.166. The van der Waals surface area contributed by atoms with Crippen LogP contribution in [0.2, 0.25) is 0 Å². The zero-order valence-electron chi connectivity index (χ0n) is 27.8. The number of aromatic nitrogens is 6. The first kappa shape index (κ1) is 40.5. The van der Waals surface area contributed by atoms with Crippen molar-refractivity contribution in [3.05, 3.63) is 35.4 Å². The number of imidazole rings is 1. The second-order valence-electron chi connectivity index (χ2n) is 12.7. The largest absolute Gasteiger partial charge is 0.469 e. The number of hydrogen-bond acceptors (Lipinski definition) is 19. The molecular weight excluding hydrogens is 772 g/mol. The van der Waals surface area contributed by atoms with Crippen LogP contribution in [0.4, 0.5) is 11.6 Å². The molecule has 288 valence electrons. The third kappa shape index (κ3) is 9.69. The van der Waals surface area contributed by atoms with Gasteiger partial charge in [-0.25, -0.2) is 24.3 Å². The third-order valence-corrected chi connectivity index (χ3v) is 13.5. The Morgan fingerprint density at radius 1 is 1.10 bits per heavy atom. The molecule has 2 saturated heterocycles. The zero-order chi connectivity index (χ0) is 38.2. The van der Waals surface area contributed by atoms with Gasteiger partial charge in [0.25, 0.3) is 0 Å². The molecule has 9 atom stereocenters. The van der Waals surface area contributed by atoms with Crippen molar-refractivity contribution in [3.63, 3.8) is 0 Å². The van der Waals surface area contributed by atoms with Crippen molar-refractivity contribution in [1.82, 2.24) is 29.1 Å². The van der Waals surface area contributed by atoms with Crippen molar-refractivity contribution in [2.45, 2.75) is 80.5 Å². The van der Waals surface area contributed by atoms with E-state index >= 15 is 0 Å². The molecule has 26 heteroatoms. The monoisotopic (exact) mass is 811 g/mol. The van der Waals surface area contributed by atoms with Crippen LogP contribution in [0.1, 0.15) is 39.6 Å². The van der Waals surface area contributed by atoms with Gasteiger partial charge in [-0.05, 0) is 6.07 Å². The van der Waals surface area contributed by atoms with Gasteiger partial charge in [-0.15, -0.1) is 0 Å². The van der Waals surface area contributed by atoms with Crippen molar-refractivity contribution in [1.29, 1.82) is 0 Å². The van der Waals surface area contributed by atoms with Crippen LogP contribution in [0.3, 0.4) is 0 Å². The van der Waals surface area contributed by atoms with Gasteiger partial charge < -0.3 is 55.7 Å². The standard InChI is InChI=1S/C26H39N9O13P2S2/c1-26(2,3)52-51-9-12(27)24(37)48-20-14(47-23(19(20)36)35-11-32-18-21(29)30-10-31-22(18)35)8-44-49(39,40)15-6-17(34-5-4-16(28)33-25(34)38)46-13(15)7-45-50(41,42)43/h4-5,10-15,17,19-20,23,36H,6-9,27H2,1-3H3,(H,39,40)(H2,28,33,38)(H2,29,30,31)(H2,41,42,43)/t12-,13?,14?,15-,17+,19+,20+,23+/m0/s1. The molecule has 5 rings (SSSR count). The van der Waals surface area contributed by atoms with Crippen LogP contribution < -0.4 is 22.9 Å². The number of anilines is 2. The van der Waals surface area contributed by atoms with Crippen molar-refractivity contribution in [3.8, 4) is 0 Å². The van der Waals surface area contributed by atoms with Gasteiger partial charge in [0.05, 0.1) is 31.3 Å². The highest BCUT2D eigenvalue weighted by Crippen LogP contribution is 2.56. The van der Waals surface area contributed by atoms with Gasteiger partial charge in [0.1, 0.15) is 42.1 Å². The first-order chi connectivity index (χ1) is 24.2. The summed E-state index contributed by atoms with van der Waals surface area (Å²) in [6.45, 7) is 4.35. The van der Waals surface area contributed by atoms with Crippen molar-refractivity contribution >= 4 is 65.8 Å². The van der Waals surface area contributed by atoms with E-state index in [4.69, 9.17) is 35.9 Å². The number of hydrogen-bond donors (Lipinski definition) is 7. The maximum Gasteiger partial charge on any atom is 0.469 e. The fraction of sp³-hybridized carbons (Fsp3) is 0.615. The van der Waals surface area contributed by atoms with Crippen LogP contribution in [0.25, 0.3) is 11.2 Å². The lowest BCUT2D eigenvalue weighted by molar-refractivity contribution is -0.157. The second-order valence-corrected chi connectivity index (χ2v) is 19.2. The molecule has 0 spiro atoms. The highest BCUT2D eigenvalue weighted by Gasteiger charge is 2.52. The Hall–Kier alpha value is -2.70. The summed E-state index contributed by atoms with van der Waals surface area (Å²) in [6.07, 6.45) is -5.23. The number of carbonyl (C=O) groups excluding carboxylic acids is 1. The van der Waals surface area contributed by atoms with Gasteiger partial charge in [-0.2, -0.15) is 4.98 Å². The minimum absolute atomic E-state index is 0.0447. The van der Waals surface area contributed by atoms with Gasteiger partial charge in [-0.3, -0.25) is 23.0 Å². The lowest BCUT2D eigenvalue weighted by atomic mass is 10.1. The number of fused-ring (bicyclic) bond motifs is 1. The lowest BCUT2D eigenvalue weighted by Crippen LogP contribution is -2.44. The predicted octanol–water partition coefficient (Wildman–Crippen LogP) is -0.108. The number of carbonyl (C=O) groups is 1. The number of nitrogens with zero attached hydrogens (tertiary/aromatic N) is 6. The molecule has 0 bridgehead atoms. The Labute approximate surface area is 303 Å². The van der Waals surface area contributed by atoms with E-state index in [9.17, 15) is 38.5 Å². The van der Waals surface area contributed by atoms with E-state index in [-0.39, 0.29) is 39.7 Å². The number of nitrogen functional groups attached to an aromatic ring is 2. The molecule has 22 nitrogen and oxygen atoms in total. The fourth-order valence-electron chi connectivity index (χ4n) is 5.33. The van der Waals surface area contributed by atoms with Crippen LogP contribution in [0, 0.1) is 0 Å². The maximum atomic E-state index is 13.8. The van der Waals surface area contributed by atoms with E-state index in [0.717, 1.165) is 4.57 Å². The van der Waals surface area contributed by atoms with Gasteiger partial charge in [0.2, 0.25) is 0 Å². The van der Waals surface area contributed by atoms with Crippen LogP contribution in [0.5, 0.6) is 0 Å². The summed E-state index contributed by atoms with van der Waals surface area (Å²) in [4.78, 5) is 71.3.